The number of aliphatic hydroxyl groups excluding tert-OH is 1. The quantitative estimate of drug-likeness (QED) is 0.784. The maximum absolute atomic E-state index is 9.38. The van der Waals surface area contributed by atoms with Crippen molar-refractivity contribution in [3.05, 3.63) is 32.4 Å². The Morgan fingerprint density at radius 3 is 2.67 bits per heavy atom. The van der Waals surface area contributed by atoms with Crippen LogP contribution in [0.5, 0.6) is 0 Å². The zero-order valence-electron chi connectivity index (χ0n) is 7.72. The van der Waals surface area contributed by atoms with Crippen molar-refractivity contribution in [1.29, 1.82) is 0 Å². The van der Waals surface area contributed by atoms with E-state index >= 15 is 0 Å². The minimum Gasteiger partial charge on any atom is -0.457 e. The normalized spacial score (nSPS) is 13.4. The van der Waals surface area contributed by atoms with E-state index in [0.717, 1.165) is 0 Å². The van der Waals surface area contributed by atoms with E-state index < -0.39 is 6.10 Å². The summed E-state index contributed by atoms with van der Waals surface area (Å²) in [5.74, 6) is 0.451. The Morgan fingerprint density at radius 2 is 2.07 bits per heavy atom. The lowest BCUT2D eigenvalue weighted by molar-refractivity contribution is 0.172. The zero-order valence-corrected chi connectivity index (χ0v) is 10.8. The molecule has 1 aromatic carbocycles. The second kappa shape index (κ2) is 3.98. The van der Waals surface area contributed by atoms with Gasteiger partial charge in [0.2, 0.25) is 0 Å². The first-order valence-corrected chi connectivity index (χ1v) is 5.80. The molecular weight excluding hydrogens is 303 g/mol. The van der Waals surface area contributed by atoms with Crippen molar-refractivity contribution in [3.63, 3.8) is 0 Å². The second-order valence-corrected chi connectivity index (χ2v) is 4.86. The van der Waals surface area contributed by atoms with E-state index in [0.29, 0.717) is 31.2 Å². The summed E-state index contributed by atoms with van der Waals surface area (Å²) in [5, 5.41) is 11.1. The molecule has 0 aliphatic carbocycles. The van der Waals surface area contributed by atoms with Crippen molar-refractivity contribution in [3.8, 4) is 0 Å². The molecule has 0 saturated heterocycles. The zero-order chi connectivity index (χ0) is 11.2. The van der Waals surface area contributed by atoms with Gasteiger partial charge in [-0.15, -0.1) is 0 Å². The molecule has 0 amide bonds. The van der Waals surface area contributed by atoms with Gasteiger partial charge in [0.15, 0.2) is 5.58 Å². The van der Waals surface area contributed by atoms with Gasteiger partial charge >= 0.3 is 0 Å². The van der Waals surface area contributed by atoms with E-state index in [4.69, 9.17) is 27.6 Å². The van der Waals surface area contributed by atoms with Gasteiger partial charge in [0.1, 0.15) is 11.9 Å². The van der Waals surface area contributed by atoms with E-state index in [9.17, 15) is 5.11 Å². The van der Waals surface area contributed by atoms with Crippen molar-refractivity contribution < 1.29 is 9.52 Å². The predicted octanol–water partition coefficient (Wildman–Crippen LogP) is 4.56. The summed E-state index contributed by atoms with van der Waals surface area (Å²) in [6, 6.07) is 3.36. The number of benzene rings is 1. The standard InChI is InChI=1S/C10H7BrCl2O2/c1-4(14)8-2-5-9(13)6(11)3-7(12)10(5)15-8/h2-4,14H,1H3. The summed E-state index contributed by atoms with van der Waals surface area (Å²) < 4.78 is 6.12. The summed E-state index contributed by atoms with van der Waals surface area (Å²) in [6.45, 7) is 1.62. The molecule has 0 fully saturated rings. The average molecular weight is 310 g/mol. The minimum atomic E-state index is -0.677. The summed E-state index contributed by atoms with van der Waals surface area (Å²) in [7, 11) is 0. The lowest BCUT2D eigenvalue weighted by Crippen LogP contribution is -1.85. The number of furan rings is 1. The third kappa shape index (κ3) is 1.89. The molecule has 2 nitrogen and oxygen atoms in total. The Balaban J connectivity index is 2.80. The first-order chi connectivity index (χ1) is 7.00. The van der Waals surface area contributed by atoms with Gasteiger partial charge < -0.3 is 9.52 Å². The van der Waals surface area contributed by atoms with Gasteiger partial charge in [-0.05, 0) is 35.0 Å². The number of hydrogen-bond donors (Lipinski definition) is 1. The van der Waals surface area contributed by atoms with Crippen LogP contribution in [0.2, 0.25) is 10.0 Å². The molecule has 0 spiro atoms. The lowest BCUT2D eigenvalue weighted by Gasteiger charge is -1.98. The van der Waals surface area contributed by atoms with Gasteiger partial charge in [-0.25, -0.2) is 0 Å². The molecule has 0 radical (unpaired) electrons. The van der Waals surface area contributed by atoms with Gasteiger partial charge in [0.25, 0.3) is 0 Å². The molecule has 2 rings (SSSR count). The maximum Gasteiger partial charge on any atom is 0.154 e. The third-order valence-electron chi connectivity index (χ3n) is 2.08. The van der Waals surface area contributed by atoms with Crippen molar-refractivity contribution in [2.45, 2.75) is 13.0 Å². The third-order valence-corrected chi connectivity index (χ3v) is 3.62. The second-order valence-electron chi connectivity index (χ2n) is 3.22. The van der Waals surface area contributed by atoms with Gasteiger partial charge in [0.05, 0.1) is 10.0 Å². The summed E-state index contributed by atoms with van der Waals surface area (Å²) >= 11 is 15.4. The molecule has 0 saturated carbocycles. The highest BCUT2D eigenvalue weighted by Crippen LogP contribution is 2.38. The van der Waals surface area contributed by atoms with Crippen LogP contribution in [-0.4, -0.2) is 5.11 Å². The molecule has 2 aromatic rings. The predicted molar refractivity (Wildman–Crippen MR) is 64.6 cm³/mol. The number of fused-ring (bicyclic) bond motifs is 1. The summed E-state index contributed by atoms with van der Waals surface area (Å²) in [4.78, 5) is 0. The van der Waals surface area contributed by atoms with Crippen LogP contribution in [0.1, 0.15) is 18.8 Å². The van der Waals surface area contributed by atoms with Crippen LogP contribution in [0, 0.1) is 0 Å². The highest BCUT2D eigenvalue weighted by Gasteiger charge is 2.15. The topological polar surface area (TPSA) is 33.4 Å². The minimum absolute atomic E-state index is 0.451. The number of rotatable bonds is 1. The summed E-state index contributed by atoms with van der Waals surface area (Å²) in [5.41, 5.74) is 0.501. The highest BCUT2D eigenvalue weighted by molar-refractivity contribution is 9.10. The molecule has 5 heteroatoms. The van der Waals surface area contributed by atoms with E-state index in [1.807, 2.05) is 0 Å². The summed E-state index contributed by atoms with van der Waals surface area (Å²) in [6.07, 6.45) is -0.677. The van der Waals surface area contributed by atoms with Gasteiger partial charge in [-0.2, -0.15) is 0 Å². The van der Waals surface area contributed by atoms with Crippen LogP contribution in [0.25, 0.3) is 11.0 Å². The Hall–Kier alpha value is -0.220. The van der Waals surface area contributed by atoms with Crippen molar-refractivity contribution >= 4 is 50.1 Å². The molecule has 80 valence electrons. The molecule has 1 unspecified atom stereocenters. The molecule has 0 aliphatic heterocycles. The van der Waals surface area contributed by atoms with Gasteiger partial charge in [-0.3, -0.25) is 0 Å². The van der Waals surface area contributed by atoms with Crippen LogP contribution in [0.4, 0.5) is 0 Å². The fourth-order valence-corrected chi connectivity index (χ4v) is 2.34. The van der Waals surface area contributed by atoms with Crippen LogP contribution in [0.15, 0.2) is 21.0 Å². The Morgan fingerprint density at radius 1 is 1.40 bits per heavy atom. The van der Waals surface area contributed by atoms with Crippen molar-refractivity contribution in [2.75, 3.05) is 0 Å². The number of aliphatic hydroxyl groups is 1. The molecule has 1 aromatic heterocycles. The fraction of sp³-hybridized carbons (Fsp3) is 0.200. The van der Waals surface area contributed by atoms with Crippen LogP contribution in [0.3, 0.4) is 0 Å². The molecule has 15 heavy (non-hydrogen) atoms. The molecule has 1 heterocycles. The smallest absolute Gasteiger partial charge is 0.154 e. The van der Waals surface area contributed by atoms with E-state index in [1.165, 1.54) is 0 Å². The average Bonchev–Trinajstić information content (AvgIpc) is 2.59. The monoisotopic (exact) mass is 308 g/mol. The first kappa shape index (κ1) is 11.3. The molecule has 0 bridgehead atoms. The van der Waals surface area contributed by atoms with Crippen LogP contribution < -0.4 is 0 Å². The van der Waals surface area contributed by atoms with E-state index in [-0.39, 0.29) is 0 Å². The SMILES string of the molecule is CC(O)c1cc2c(Cl)c(Br)cc(Cl)c2o1. The lowest BCUT2D eigenvalue weighted by atomic mass is 10.2. The van der Waals surface area contributed by atoms with Crippen LogP contribution >= 0.6 is 39.1 Å². The molecule has 1 atom stereocenters. The van der Waals surface area contributed by atoms with Gasteiger partial charge in [-0.1, -0.05) is 23.2 Å². The van der Waals surface area contributed by atoms with E-state index in [1.54, 1.807) is 19.1 Å². The Labute approximate surface area is 105 Å². The number of halogens is 3. The molecule has 0 aliphatic rings. The van der Waals surface area contributed by atoms with Gasteiger partial charge in [0, 0.05) is 9.86 Å². The highest BCUT2D eigenvalue weighted by atomic mass is 79.9. The van der Waals surface area contributed by atoms with Crippen molar-refractivity contribution in [2.24, 2.45) is 0 Å². The first-order valence-electron chi connectivity index (χ1n) is 4.25. The van der Waals surface area contributed by atoms with Crippen LogP contribution in [-0.2, 0) is 0 Å². The number of hydrogen-bond acceptors (Lipinski definition) is 2. The fourth-order valence-electron chi connectivity index (χ4n) is 1.33. The molecule has 1 N–H and O–H groups in total. The Kier molecular flexibility index (Phi) is 2.99. The van der Waals surface area contributed by atoms with E-state index in [2.05, 4.69) is 15.9 Å². The van der Waals surface area contributed by atoms with Crippen molar-refractivity contribution in [1.82, 2.24) is 0 Å². The molecular formula is C10H7BrCl2O2. The maximum atomic E-state index is 9.38. The largest absolute Gasteiger partial charge is 0.457 e. The Bertz CT molecular complexity index is 520.